The van der Waals surface area contributed by atoms with Crippen LogP contribution in [0.25, 0.3) is 0 Å². The molecule has 0 bridgehead atoms. The Morgan fingerprint density at radius 1 is 1.10 bits per heavy atom. The molecule has 114 valence electrons. The number of hydrogen-bond acceptors (Lipinski definition) is 5. The van der Waals surface area contributed by atoms with Crippen LogP contribution in [0.15, 0.2) is 24.3 Å². The highest BCUT2D eigenvalue weighted by molar-refractivity contribution is 6.62. The van der Waals surface area contributed by atoms with Crippen molar-refractivity contribution in [2.75, 3.05) is 13.7 Å². The van der Waals surface area contributed by atoms with Crippen LogP contribution in [0.4, 0.5) is 0 Å². The lowest BCUT2D eigenvalue weighted by molar-refractivity contribution is -0.142. The van der Waals surface area contributed by atoms with Crippen LogP contribution >= 0.6 is 0 Å². The first-order valence-corrected chi connectivity index (χ1v) is 6.90. The molecular weight excluding hydrogens is 271 g/mol. The Morgan fingerprint density at radius 2 is 1.62 bits per heavy atom. The van der Waals surface area contributed by atoms with Gasteiger partial charge in [0.1, 0.15) is 5.75 Å². The summed E-state index contributed by atoms with van der Waals surface area (Å²) in [6.45, 7) is 7.95. The molecule has 6 heteroatoms. The van der Waals surface area contributed by atoms with Crippen molar-refractivity contribution in [2.24, 2.45) is 0 Å². The van der Waals surface area contributed by atoms with Gasteiger partial charge in [0.2, 0.25) is 0 Å². The summed E-state index contributed by atoms with van der Waals surface area (Å²) in [5.41, 5.74) is 0.189. The number of carbonyl (C=O) groups excluding carboxylic acids is 1. The van der Waals surface area contributed by atoms with Crippen molar-refractivity contribution in [3.63, 3.8) is 0 Å². The van der Waals surface area contributed by atoms with Crippen LogP contribution in [0, 0.1) is 0 Å². The van der Waals surface area contributed by atoms with Gasteiger partial charge in [-0.15, -0.1) is 0 Å². The van der Waals surface area contributed by atoms with Crippen molar-refractivity contribution < 1.29 is 23.6 Å². The van der Waals surface area contributed by atoms with Gasteiger partial charge in [-0.2, -0.15) is 0 Å². The maximum Gasteiger partial charge on any atom is 0.494 e. The minimum Gasteiger partial charge on any atom is -0.482 e. The van der Waals surface area contributed by atoms with Gasteiger partial charge in [-0.05, 0) is 45.3 Å². The summed E-state index contributed by atoms with van der Waals surface area (Å²) in [6.07, 6.45) is 0. The van der Waals surface area contributed by atoms with E-state index in [1.54, 1.807) is 12.1 Å². The van der Waals surface area contributed by atoms with E-state index >= 15 is 0 Å². The average Bonchev–Trinajstić information content (AvgIpc) is 2.65. The fraction of sp³-hybridized carbons (Fsp3) is 0.533. The summed E-state index contributed by atoms with van der Waals surface area (Å²) in [7, 11) is 0.928. The third-order valence-electron chi connectivity index (χ3n) is 3.99. The molecule has 0 amide bonds. The van der Waals surface area contributed by atoms with Gasteiger partial charge in [0.25, 0.3) is 0 Å². The zero-order valence-corrected chi connectivity index (χ0v) is 13.1. The molecule has 0 atom stereocenters. The number of ether oxygens (including phenoxy) is 2. The molecule has 1 heterocycles. The maximum absolute atomic E-state index is 11.0. The van der Waals surface area contributed by atoms with Crippen molar-refractivity contribution in [1.82, 2.24) is 0 Å². The minimum atomic E-state index is -0.412. The normalized spacial score (nSPS) is 19.4. The molecular formula is C15H21BO5. The van der Waals surface area contributed by atoms with Crippen LogP contribution in [0.2, 0.25) is 0 Å². The lowest BCUT2D eigenvalue weighted by Gasteiger charge is -2.32. The monoisotopic (exact) mass is 292 g/mol. The second-order valence-corrected chi connectivity index (χ2v) is 6.02. The number of hydrogen-bond donors (Lipinski definition) is 0. The standard InChI is InChI=1S/C15H21BO5/c1-14(2)15(3,4)21-16(20-14)11-6-8-12(9-7-11)19-10-13(17)18-5/h6-9H,10H2,1-5H3. The van der Waals surface area contributed by atoms with Gasteiger partial charge < -0.3 is 18.8 Å². The molecule has 0 aromatic heterocycles. The Kier molecular flexibility index (Phi) is 4.30. The van der Waals surface area contributed by atoms with Crippen molar-refractivity contribution in [1.29, 1.82) is 0 Å². The first-order chi connectivity index (χ1) is 9.75. The Morgan fingerprint density at radius 3 is 2.10 bits per heavy atom. The third-order valence-corrected chi connectivity index (χ3v) is 3.99. The highest BCUT2D eigenvalue weighted by atomic mass is 16.7. The van der Waals surface area contributed by atoms with Gasteiger partial charge in [0.15, 0.2) is 6.61 Å². The Balaban J connectivity index is 2.02. The number of rotatable bonds is 4. The van der Waals surface area contributed by atoms with Crippen molar-refractivity contribution in [3.8, 4) is 5.75 Å². The van der Waals surface area contributed by atoms with E-state index in [1.807, 2.05) is 39.8 Å². The van der Waals surface area contributed by atoms with Gasteiger partial charge in [0.05, 0.1) is 18.3 Å². The molecule has 1 aromatic rings. The van der Waals surface area contributed by atoms with E-state index in [2.05, 4.69) is 4.74 Å². The molecule has 5 nitrogen and oxygen atoms in total. The molecule has 1 aliphatic rings. The second-order valence-electron chi connectivity index (χ2n) is 6.02. The van der Waals surface area contributed by atoms with Gasteiger partial charge in [-0.3, -0.25) is 0 Å². The highest BCUT2D eigenvalue weighted by Crippen LogP contribution is 2.36. The Bertz CT molecular complexity index is 493. The number of esters is 1. The van der Waals surface area contributed by atoms with Crippen molar-refractivity contribution in [2.45, 2.75) is 38.9 Å². The molecule has 2 rings (SSSR count). The SMILES string of the molecule is COC(=O)COc1ccc(B2OC(C)(C)C(C)(C)O2)cc1. The largest absolute Gasteiger partial charge is 0.494 e. The Labute approximate surface area is 125 Å². The first-order valence-electron chi connectivity index (χ1n) is 6.90. The van der Waals surface area contributed by atoms with Gasteiger partial charge in [-0.25, -0.2) is 4.79 Å². The molecule has 0 radical (unpaired) electrons. The summed E-state index contributed by atoms with van der Waals surface area (Å²) in [6, 6.07) is 7.30. The predicted molar refractivity (Wildman–Crippen MR) is 79.7 cm³/mol. The van der Waals surface area contributed by atoms with E-state index in [9.17, 15) is 4.79 Å². The fourth-order valence-corrected chi connectivity index (χ4v) is 1.90. The highest BCUT2D eigenvalue weighted by Gasteiger charge is 2.51. The van der Waals surface area contributed by atoms with E-state index in [0.29, 0.717) is 5.75 Å². The fourth-order valence-electron chi connectivity index (χ4n) is 1.90. The minimum absolute atomic E-state index is 0.105. The number of benzene rings is 1. The number of methoxy groups -OCH3 is 1. The van der Waals surface area contributed by atoms with E-state index in [1.165, 1.54) is 7.11 Å². The summed E-state index contributed by atoms with van der Waals surface area (Å²) in [4.78, 5) is 11.0. The van der Waals surface area contributed by atoms with E-state index < -0.39 is 13.1 Å². The lowest BCUT2D eigenvalue weighted by Crippen LogP contribution is -2.41. The third kappa shape index (κ3) is 3.39. The molecule has 1 aromatic carbocycles. The predicted octanol–water partition coefficient (Wildman–Crippen LogP) is 1.54. The molecule has 0 N–H and O–H groups in total. The summed E-state index contributed by atoms with van der Waals surface area (Å²) in [5, 5.41) is 0. The Hall–Kier alpha value is -1.53. The smallest absolute Gasteiger partial charge is 0.482 e. The van der Waals surface area contributed by atoms with Gasteiger partial charge in [0, 0.05) is 0 Å². The molecule has 0 unspecified atom stereocenters. The maximum atomic E-state index is 11.0. The quantitative estimate of drug-likeness (QED) is 0.622. The van der Waals surface area contributed by atoms with E-state index in [0.717, 1.165) is 5.46 Å². The summed E-state index contributed by atoms with van der Waals surface area (Å²) in [5.74, 6) is 0.186. The topological polar surface area (TPSA) is 54.0 Å². The zero-order chi connectivity index (χ0) is 15.7. The van der Waals surface area contributed by atoms with Crippen LogP contribution in [-0.4, -0.2) is 38.0 Å². The second kappa shape index (κ2) is 5.69. The van der Waals surface area contributed by atoms with Crippen LogP contribution in [-0.2, 0) is 18.8 Å². The van der Waals surface area contributed by atoms with E-state index in [4.69, 9.17) is 14.0 Å². The summed E-state index contributed by atoms with van der Waals surface area (Å²) >= 11 is 0. The number of carbonyl (C=O) groups is 1. The molecule has 21 heavy (non-hydrogen) atoms. The van der Waals surface area contributed by atoms with Crippen molar-refractivity contribution >= 4 is 18.6 Å². The van der Waals surface area contributed by atoms with Gasteiger partial charge in [-0.1, -0.05) is 12.1 Å². The average molecular weight is 292 g/mol. The van der Waals surface area contributed by atoms with Crippen LogP contribution in [0.1, 0.15) is 27.7 Å². The molecule has 0 aliphatic carbocycles. The lowest BCUT2D eigenvalue weighted by atomic mass is 9.79. The zero-order valence-electron chi connectivity index (χ0n) is 13.1. The molecule has 0 spiro atoms. The van der Waals surface area contributed by atoms with Gasteiger partial charge >= 0.3 is 13.1 Å². The first kappa shape index (κ1) is 15.9. The van der Waals surface area contributed by atoms with Crippen LogP contribution in [0.3, 0.4) is 0 Å². The molecule has 0 saturated carbocycles. The molecule has 1 saturated heterocycles. The molecule has 1 fully saturated rings. The molecule has 1 aliphatic heterocycles. The van der Waals surface area contributed by atoms with Crippen LogP contribution < -0.4 is 10.2 Å². The summed E-state index contributed by atoms with van der Waals surface area (Å²) < 4.78 is 21.8. The van der Waals surface area contributed by atoms with Crippen LogP contribution in [0.5, 0.6) is 5.75 Å². The van der Waals surface area contributed by atoms with E-state index in [-0.39, 0.29) is 17.8 Å². The van der Waals surface area contributed by atoms with Crippen molar-refractivity contribution in [3.05, 3.63) is 24.3 Å².